The van der Waals surface area contributed by atoms with E-state index in [9.17, 15) is 4.79 Å². The summed E-state index contributed by atoms with van der Waals surface area (Å²) in [5.74, 6) is -0.684. The first-order valence-electron chi connectivity index (χ1n) is 4.73. The molecule has 0 saturated carbocycles. The van der Waals surface area contributed by atoms with E-state index in [4.69, 9.17) is 5.11 Å². The zero-order valence-electron chi connectivity index (χ0n) is 11.5. The molecule has 0 fully saturated rings. The number of hydrogen-bond donors (Lipinski definition) is 2. The normalized spacial score (nSPS) is 5.47. The fraction of sp³-hybridized carbons (Fsp3) is 0.0769. The third-order valence-corrected chi connectivity index (χ3v) is 0.708. The molecule has 1 heterocycles. The van der Waals surface area contributed by atoms with E-state index >= 15 is 0 Å². The SMILES string of the molecule is C=C.C=C.C=C.C=C.C=C.O=C(O)Cc1nnn[nH]1. The zero-order valence-corrected chi connectivity index (χ0v) is 11.5. The van der Waals surface area contributed by atoms with Crippen molar-refractivity contribution in [1.82, 2.24) is 20.6 Å². The van der Waals surface area contributed by atoms with Crippen LogP contribution in [0.3, 0.4) is 0 Å². The lowest BCUT2D eigenvalue weighted by Gasteiger charge is -1.82. The highest BCUT2D eigenvalue weighted by molar-refractivity contribution is 5.68. The minimum Gasteiger partial charge on any atom is -0.481 e. The van der Waals surface area contributed by atoms with E-state index in [-0.39, 0.29) is 12.2 Å². The standard InChI is InChI=1S/C3H4N4O2.5C2H4/c8-3(9)1-2-4-6-7-5-2;5*1-2/h1H2,(H,8,9)(H,4,5,6,7);5*1-2H2. The number of nitrogens with zero attached hydrogens (tertiary/aromatic N) is 3. The molecule has 0 amide bonds. The minimum atomic E-state index is -0.950. The van der Waals surface area contributed by atoms with Gasteiger partial charge < -0.3 is 5.11 Å². The Kier molecular flexibility index (Phi) is 71.5. The predicted molar refractivity (Wildman–Crippen MR) is 81.8 cm³/mol. The molecule has 6 heteroatoms. The van der Waals surface area contributed by atoms with Gasteiger partial charge in [0.15, 0.2) is 5.82 Å². The molecule has 1 rings (SSSR count). The Hall–Kier alpha value is -2.76. The largest absolute Gasteiger partial charge is 0.481 e. The van der Waals surface area contributed by atoms with Gasteiger partial charge in [0.1, 0.15) is 6.42 Å². The monoisotopic (exact) mass is 268 g/mol. The number of nitrogens with one attached hydrogen (secondary N) is 1. The number of carbonyl (C=O) groups is 1. The molecule has 0 radical (unpaired) electrons. The van der Waals surface area contributed by atoms with Crippen LogP contribution in [0, 0.1) is 0 Å². The topological polar surface area (TPSA) is 91.8 Å². The van der Waals surface area contributed by atoms with Crippen molar-refractivity contribution in [2.75, 3.05) is 0 Å². The van der Waals surface area contributed by atoms with Crippen LogP contribution in [-0.4, -0.2) is 31.7 Å². The second-order valence-corrected chi connectivity index (χ2v) is 1.42. The highest BCUT2D eigenvalue weighted by Gasteiger charge is 2.01. The van der Waals surface area contributed by atoms with Gasteiger partial charge in [0, 0.05) is 0 Å². The fourth-order valence-corrected chi connectivity index (χ4v) is 0.397. The second-order valence-electron chi connectivity index (χ2n) is 1.42. The number of rotatable bonds is 2. The highest BCUT2D eigenvalue weighted by atomic mass is 16.4. The average Bonchev–Trinajstić information content (AvgIpc) is 3.02. The van der Waals surface area contributed by atoms with Crippen LogP contribution in [-0.2, 0) is 11.2 Å². The zero-order chi connectivity index (χ0) is 16.7. The lowest BCUT2D eigenvalue weighted by Crippen LogP contribution is -2.01. The first-order valence-corrected chi connectivity index (χ1v) is 4.73. The molecule has 1 aromatic rings. The van der Waals surface area contributed by atoms with Crippen molar-refractivity contribution in [3.05, 3.63) is 71.6 Å². The van der Waals surface area contributed by atoms with Crippen LogP contribution < -0.4 is 0 Å². The Morgan fingerprint density at radius 2 is 1.32 bits per heavy atom. The van der Waals surface area contributed by atoms with E-state index in [0.29, 0.717) is 0 Å². The third kappa shape index (κ3) is 39.3. The molecule has 0 aromatic carbocycles. The quantitative estimate of drug-likeness (QED) is 0.805. The van der Waals surface area contributed by atoms with Crippen LogP contribution in [0.4, 0.5) is 0 Å². The van der Waals surface area contributed by atoms with Gasteiger partial charge in [-0.1, -0.05) is 0 Å². The van der Waals surface area contributed by atoms with Crippen molar-refractivity contribution in [3.8, 4) is 0 Å². The summed E-state index contributed by atoms with van der Waals surface area (Å²) in [6.07, 6.45) is -0.160. The van der Waals surface area contributed by atoms with Crippen LogP contribution >= 0.6 is 0 Å². The van der Waals surface area contributed by atoms with Crippen LogP contribution in [0.15, 0.2) is 65.8 Å². The molecule has 0 saturated heterocycles. The Bertz CT molecular complexity index is 252. The smallest absolute Gasteiger partial charge is 0.311 e. The molecule has 6 nitrogen and oxygen atoms in total. The summed E-state index contributed by atoms with van der Waals surface area (Å²) >= 11 is 0. The molecular weight excluding hydrogens is 244 g/mol. The summed E-state index contributed by atoms with van der Waals surface area (Å²) in [6.45, 7) is 30.0. The van der Waals surface area contributed by atoms with Gasteiger partial charge in [0.05, 0.1) is 0 Å². The van der Waals surface area contributed by atoms with Crippen molar-refractivity contribution >= 4 is 5.97 Å². The summed E-state index contributed by atoms with van der Waals surface area (Å²) < 4.78 is 0. The molecule has 0 aliphatic carbocycles. The van der Waals surface area contributed by atoms with Gasteiger partial charge in [-0.05, 0) is 10.4 Å². The molecule has 19 heavy (non-hydrogen) atoms. The summed E-state index contributed by atoms with van der Waals surface area (Å²) in [5.41, 5.74) is 0. The number of aromatic nitrogens is 4. The summed E-state index contributed by atoms with van der Waals surface area (Å²) in [4.78, 5) is 9.95. The average molecular weight is 268 g/mol. The molecule has 0 aliphatic rings. The number of H-pyrrole nitrogens is 1. The van der Waals surface area contributed by atoms with Gasteiger partial charge in [-0.2, -0.15) is 0 Å². The number of aromatic amines is 1. The Morgan fingerprint density at radius 3 is 1.53 bits per heavy atom. The van der Waals surface area contributed by atoms with Crippen molar-refractivity contribution in [3.63, 3.8) is 0 Å². The van der Waals surface area contributed by atoms with Crippen molar-refractivity contribution in [2.24, 2.45) is 0 Å². The molecule has 1 aromatic heterocycles. The van der Waals surface area contributed by atoms with Gasteiger partial charge in [0.2, 0.25) is 0 Å². The molecule has 108 valence electrons. The van der Waals surface area contributed by atoms with Crippen molar-refractivity contribution < 1.29 is 9.90 Å². The van der Waals surface area contributed by atoms with Gasteiger partial charge in [-0.3, -0.25) is 4.79 Å². The van der Waals surface area contributed by atoms with Crippen LogP contribution in [0.25, 0.3) is 0 Å². The van der Waals surface area contributed by atoms with E-state index in [1.165, 1.54) is 0 Å². The van der Waals surface area contributed by atoms with Crippen molar-refractivity contribution in [2.45, 2.75) is 6.42 Å². The lowest BCUT2D eigenvalue weighted by atomic mass is 10.4. The van der Waals surface area contributed by atoms with Crippen molar-refractivity contribution in [1.29, 1.82) is 0 Å². The van der Waals surface area contributed by atoms with Gasteiger partial charge >= 0.3 is 5.97 Å². The first kappa shape index (κ1) is 29.9. The maximum Gasteiger partial charge on any atom is 0.311 e. The molecular formula is C13H24N4O2. The lowest BCUT2D eigenvalue weighted by molar-refractivity contribution is -0.136. The maximum absolute atomic E-state index is 9.95. The Balaban J connectivity index is -0.0000000557. The molecule has 0 bridgehead atoms. The molecule has 2 N–H and O–H groups in total. The maximum atomic E-state index is 9.95. The van der Waals surface area contributed by atoms with Gasteiger partial charge in [0.25, 0.3) is 0 Å². The first-order chi connectivity index (χ1) is 9.29. The Labute approximate surface area is 115 Å². The predicted octanol–water partition coefficient (Wildman–Crippen LogP) is 2.84. The number of hydrogen-bond acceptors (Lipinski definition) is 4. The van der Waals surface area contributed by atoms with E-state index in [2.05, 4.69) is 86.4 Å². The third-order valence-electron chi connectivity index (χ3n) is 0.708. The molecule has 0 atom stereocenters. The second kappa shape index (κ2) is 45.5. The van der Waals surface area contributed by atoms with Gasteiger partial charge in [-0.25, -0.2) is 5.10 Å². The number of carboxylic acids is 1. The van der Waals surface area contributed by atoms with Crippen LogP contribution in [0.2, 0.25) is 0 Å². The van der Waals surface area contributed by atoms with E-state index in [1.807, 2.05) is 0 Å². The Morgan fingerprint density at radius 1 is 0.947 bits per heavy atom. The number of aliphatic carboxylic acids is 1. The summed E-state index contributed by atoms with van der Waals surface area (Å²) in [5, 5.41) is 20.2. The molecule has 0 aliphatic heterocycles. The minimum absolute atomic E-state index is 0.160. The molecule has 0 spiro atoms. The van der Waals surface area contributed by atoms with E-state index in [1.54, 1.807) is 0 Å². The van der Waals surface area contributed by atoms with Crippen LogP contribution in [0.5, 0.6) is 0 Å². The van der Waals surface area contributed by atoms with E-state index in [0.717, 1.165) is 0 Å². The fourth-order valence-electron chi connectivity index (χ4n) is 0.397. The summed E-state index contributed by atoms with van der Waals surface area (Å²) in [7, 11) is 0. The summed E-state index contributed by atoms with van der Waals surface area (Å²) in [6, 6.07) is 0. The van der Waals surface area contributed by atoms with E-state index < -0.39 is 5.97 Å². The molecule has 0 unspecified atom stereocenters. The van der Waals surface area contributed by atoms with Gasteiger partial charge in [-0.15, -0.1) is 70.9 Å². The highest BCUT2D eigenvalue weighted by Crippen LogP contribution is 1.83. The number of tetrazole rings is 1. The van der Waals surface area contributed by atoms with Crippen LogP contribution in [0.1, 0.15) is 5.82 Å². The number of carboxylic acid groups (broad SMARTS) is 1.